The smallest absolute Gasteiger partial charge is 0.266 e. The normalized spacial score (nSPS) is 11.5. The summed E-state index contributed by atoms with van der Waals surface area (Å²) in [5.41, 5.74) is -0.332. The van der Waals surface area contributed by atoms with Gasteiger partial charge in [0, 0.05) is 18.8 Å². The number of hydrogen-bond acceptors (Lipinski definition) is 4. The van der Waals surface area contributed by atoms with Gasteiger partial charge >= 0.3 is 0 Å². The van der Waals surface area contributed by atoms with Crippen LogP contribution in [0.4, 0.5) is 4.39 Å². The molecule has 0 unspecified atom stereocenters. The van der Waals surface area contributed by atoms with Gasteiger partial charge in [-0.05, 0) is 24.3 Å². The van der Waals surface area contributed by atoms with Gasteiger partial charge in [0.25, 0.3) is 5.56 Å². The predicted octanol–water partition coefficient (Wildman–Crippen LogP) is 1.01. The molecule has 112 valence electrons. The summed E-state index contributed by atoms with van der Waals surface area (Å²) in [5.74, 6) is -0.698. The van der Waals surface area contributed by atoms with E-state index in [0.717, 1.165) is 22.9 Å². The maximum absolute atomic E-state index is 13.0. The average molecular weight is 332 g/mol. The Kier molecular flexibility index (Phi) is 4.71. The Morgan fingerprint density at radius 2 is 2.10 bits per heavy atom. The van der Waals surface area contributed by atoms with E-state index in [-0.39, 0.29) is 28.6 Å². The molecule has 6 nitrogen and oxygen atoms in total. The largest absolute Gasteiger partial charge is 0.268 e. The number of halogens is 2. The summed E-state index contributed by atoms with van der Waals surface area (Å²) in [4.78, 5) is 11.2. The van der Waals surface area contributed by atoms with Crippen molar-refractivity contribution in [3.8, 4) is 0 Å². The molecule has 0 radical (unpaired) electrons. The van der Waals surface area contributed by atoms with Gasteiger partial charge in [-0.2, -0.15) is 5.10 Å². The minimum absolute atomic E-state index is 0.0335. The Morgan fingerprint density at radius 3 is 2.76 bits per heavy atom. The molecule has 0 amide bonds. The SMILES string of the molecule is O=c1cccnn1CCNS(=O)(=O)c1ccc(F)c(Cl)c1. The zero-order valence-corrected chi connectivity index (χ0v) is 12.2. The first-order valence-corrected chi connectivity index (χ1v) is 7.73. The average Bonchev–Trinajstić information content (AvgIpc) is 2.44. The van der Waals surface area contributed by atoms with Gasteiger partial charge in [-0.25, -0.2) is 22.2 Å². The molecule has 0 bridgehead atoms. The van der Waals surface area contributed by atoms with E-state index >= 15 is 0 Å². The molecule has 21 heavy (non-hydrogen) atoms. The van der Waals surface area contributed by atoms with Gasteiger partial charge < -0.3 is 0 Å². The molecule has 0 atom stereocenters. The van der Waals surface area contributed by atoms with Gasteiger partial charge in [0.05, 0.1) is 16.5 Å². The highest BCUT2D eigenvalue weighted by atomic mass is 35.5. The fraction of sp³-hybridized carbons (Fsp3) is 0.167. The Hall–Kier alpha value is -1.77. The topological polar surface area (TPSA) is 81.1 Å². The van der Waals surface area contributed by atoms with Crippen LogP contribution in [0.2, 0.25) is 5.02 Å². The van der Waals surface area contributed by atoms with Crippen molar-refractivity contribution in [2.45, 2.75) is 11.4 Å². The number of aromatic nitrogens is 2. The molecule has 2 rings (SSSR count). The molecular weight excluding hydrogens is 321 g/mol. The van der Waals surface area contributed by atoms with E-state index in [9.17, 15) is 17.6 Å². The van der Waals surface area contributed by atoms with Crippen molar-refractivity contribution in [1.29, 1.82) is 0 Å². The maximum atomic E-state index is 13.0. The molecule has 1 aromatic carbocycles. The lowest BCUT2D eigenvalue weighted by Gasteiger charge is -2.08. The monoisotopic (exact) mass is 331 g/mol. The van der Waals surface area contributed by atoms with Gasteiger partial charge in [0.15, 0.2) is 0 Å². The van der Waals surface area contributed by atoms with E-state index in [2.05, 4.69) is 9.82 Å². The summed E-state index contributed by atoms with van der Waals surface area (Å²) in [6.07, 6.45) is 1.43. The Morgan fingerprint density at radius 1 is 1.33 bits per heavy atom. The molecule has 0 saturated carbocycles. The zero-order valence-electron chi connectivity index (χ0n) is 10.7. The third-order valence-corrected chi connectivity index (χ3v) is 4.35. The molecule has 0 aliphatic carbocycles. The summed E-state index contributed by atoms with van der Waals surface area (Å²) in [6, 6.07) is 5.91. The highest BCUT2D eigenvalue weighted by molar-refractivity contribution is 7.89. The van der Waals surface area contributed by atoms with Gasteiger partial charge in [0.1, 0.15) is 5.82 Å². The van der Waals surface area contributed by atoms with Crippen LogP contribution in [0.5, 0.6) is 0 Å². The molecule has 9 heteroatoms. The van der Waals surface area contributed by atoms with E-state index in [0.29, 0.717) is 0 Å². The first-order valence-electron chi connectivity index (χ1n) is 5.87. The highest BCUT2D eigenvalue weighted by Crippen LogP contribution is 2.19. The van der Waals surface area contributed by atoms with Gasteiger partial charge in [0.2, 0.25) is 10.0 Å². The molecule has 0 saturated heterocycles. The molecule has 0 aliphatic heterocycles. The van der Waals surface area contributed by atoms with Crippen LogP contribution in [-0.2, 0) is 16.6 Å². The van der Waals surface area contributed by atoms with Crippen LogP contribution in [0.25, 0.3) is 0 Å². The van der Waals surface area contributed by atoms with Crippen molar-refractivity contribution >= 4 is 21.6 Å². The fourth-order valence-corrected chi connectivity index (χ4v) is 2.86. The maximum Gasteiger partial charge on any atom is 0.266 e. The van der Waals surface area contributed by atoms with Crippen LogP contribution in [-0.4, -0.2) is 24.7 Å². The Balaban J connectivity index is 2.06. The molecule has 0 spiro atoms. The first-order chi connectivity index (χ1) is 9.90. The molecule has 0 fully saturated rings. The molecule has 0 aliphatic rings. The van der Waals surface area contributed by atoms with Crippen molar-refractivity contribution in [1.82, 2.24) is 14.5 Å². The second-order valence-electron chi connectivity index (χ2n) is 4.06. The standard InChI is InChI=1S/C12H11ClFN3O3S/c13-10-8-9(3-4-11(10)14)21(19,20)16-6-7-17-12(18)2-1-5-15-17/h1-5,8,16H,6-7H2. The Labute approximate surface area is 125 Å². The van der Waals surface area contributed by atoms with E-state index < -0.39 is 15.8 Å². The second kappa shape index (κ2) is 6.33. The van der Waals surface area contributed by atoms with E-state index in [1.165, 1.54) is 18.3 Å². The minimum atomic E-state index is -3.83. The van der Waals surface area contributed by atoms with Gasteiger partial charge in [-0.1, -0.05) is 11.6 Å². The van der Waals surface area contributed by atoms with Crippen LogP contribution >= 0.6 is 11.6 Å². The van der Waals surface area contributed by atoms with Crippen LogP contribution in [0.15, 0.2) is 46.2 Å². The van der Waals surface area contributed by atoms with E-state index in [1.807, 2.05) is 0 Å². The van der Waals surface area contributed by atoms with Gasteiger partial charge in [-0.3, -0.25) is 4.79 Å². The van der Waals surface area contributed by atoms with Crippen molar-refractivity contribution in [2.75, 3.05) is 6.54 Å². The number of nitrogens with zero attached hydrogens (tertiary/aromatic N) is 2. The third kappa shape index (κ3) is 3.87. The zero-order chi connectivity index (χ0) is 15.5. The van der Waals surface area contributed by atoms with Crippen molar-refractivity contribution < 1.29 is 12.8 Å². The number of rotatable bonds is 5. The first kappa shape index (κ1) is 15.6. The number of hydrogen-bond donors (Lipinski definition) is 1. The summed E-state index contributed by atoms with van der Waals surface area (Å²) in [6.45, 7) is 0.0437. The molecule has 1 aromatic heterocycles. The predicted molar refractivity (Wildman–Crippen MR) is 75.1 cm³/mol. The lowest BCUT2D eigenvalue weighted by molar-refractivity contribution is 0.547. The minimum Gasteiger partial charge on any atom is -0.268 e. The number of benzene rings is 1. The van der Waals surface area contributed by atoms with Crippen LogP contribution in [0.3, 0.4) is 0 Å². The summed E-state index contributed by atoms with van der Waals surface area (Å²) < 4.78 is 40.4. The van der Waals surface area contributed by atoms with Crippen LogP contribution < -0.4 is 10.3 Å². The summed E-state index contributed by atoms with van der Waals surface area (Å²) >= 11 is 5.55. The number of nitrogens with one attached hydrogen (secondary N) is 1. The third-order valence-electron chi connectivity index (χ3n) is 2.60. The van der Waals surface area contributed by atoms with Crippen molar-refractivity contribution in [3.05, 3.63) is 57.7 Å². The highest BCUT2D eigenvalue weighted by Gasteiger charge is 2.15. The van der Waals surface area contributed by atoms with E-state index in [4.69, 9.17) is 11.6 Å². The lowest BCUT2D eigenvalue weighted by atomic mass is 10.3. The van der Waals surface area contributed by atoms with Crippen LogP contribution in [0.1, 0.15) is 0 Å². The molecule has 1 N–H and O–H groups in total. The molecule has 1 heterocycles. The van der Waals surface area contributed by atoms with Crippen molar-refractivity contribution in [2.24, 2.45) is 0 Å². The van der Waals surface area contributed by atoms with E-state index in [1.54, 1.807) is 0 Å². The van der Waals surface area contributed by atoms with Gasteiger partial charge in [-0.15, -0.1) is 0 Å². The van der Waals surface area contributed by atoms with Crippen LogP contribution in [0, 0.1) is 5.82 Å². The molecular formula is C12H11ClFN3O3S. The fourth-order valence-electron chi connectivity index (χ4n) is 1.57. The number of sulfonamides is 1. The Bertz CT molecular complexity index is 807. The summed E-state index contributed by atoms with van der Waals surface area (Å²) in [7, 11) is -3.83. The quantitative estimate of drug-likeness (QED) is 0.886. The van der Waals surface area contributed by atoms with Crippen molar-refractivity contribution in [3.63, 3.8) is 0 Å². The summed E-state index contributed by atoms with van der Waals surface area (Å²) in [5, 5.41) is 3.52. The lowest BCUT2D eigenvalue weighted by Crippen LogP contribution is -2.31. The second-order valence-corrected chi connectivity index (χ2v) is 6.23. The molecule has 2 aromatic rings.